The summed E-state index contributed by atoms with van der Waals surface area (Å²) in [6, 6.07) is 0. The fourth-order valence-electron chi connectivity index (χ4n) is 2.56. The van der Waals surface area contributed by atoms with Gasteiger partial charge in [0.15, 0.2) is 46.7 Å². The Kier molecular flexibility index (Phi) is 3.08. The number of hydrogen-bond acceptors (Lipinski definition) is 8. The molecule has 0 spiro atoms. The van der Waals surface area contributed by atoms with E-state index in [0.29, 0.717) is 46.7 Å². The molecule has 0 saturated heterocycles. The Morgan fingerprint density at radius 3 is 1.31 bits per heavy atom. The Hall–Kier alpha value is -3.94. The first-order chi connectivity index (χ1) is 12.7. The van der Waals surface area contributed by atoms with E-state index in [1.165, 1.54) is 0 Å². The van der Waals surface area contributed by atoms with Gasteiger partial charge < -0.3 is 0 Å². The lowest BCUT2D eigenvalue weighted by molar-refractivity contribution is 1.50. The summed E-state index contributed by atoms with van der Waals surface area (Å²) in [7, 11) is 0. The molecule has 5 heterocycles. The van der Waals surface area contributed by atoms with Crippen molar-refractivity contribution in [3.63, 3.8) is 0 Å². The van der Waals surface area contributed by atoms with Crippen molar-refractivity contribution < 1.29 is 0 Å². The molecule has 0 aromatic heterocycles. The normalized spacial score (nSPS) is 22.1. The summed E-state index contributed by atoms with van der Waals surface area (Å²) in [5.74, 6) is 4.12. The molecule has 0 aromatic rings. The molecular formula is C18H10N8. The van der Waals surface area contributed by atoms with E-state index in [4.69, 9.17) is 0 Å². The molecule has 0 N–H and O–H groups in total. The van der Waals surface area contributed by atoms with Gasteiger partial charge in [0, 0.05) is 5.57 Å². The summed E-state index contributed by atoms with van der Waals surface area (Å²) in [5.41, 5.74) is 0.771. The fraction of sp³-hybridized carbons (Fsp3) is 0. The molecular weight excluding hydrogens is 328 g/mol. The summed E-state index contributed by atoms with van der Waals surface area (Å²) in [4.78, 5) is 35.2. The van der Waals surface area contributed by atoms with Gasteiger partial charge in [-0.2, -0.15) is 0 Å². The van der Waals surface area contributed by atoms with E-state index in [0.717, 1.165) is 5.57 Å². The van der Waals surface area contributed by atoms with E-state index in [2.05, 4.69) is 46.5 Å². The smallest absolute Gasteiger partial charge is 0.164 e. The maximum Gasteiger partial charge on any atom is 0.164 e. The van der Waals surface area contributed by atoms with Gasteiger partial charge in [-0.1, -0.05) is 12.7 Å². The van der Waals surface area contributed by atoms with Gasteiger partial charge in [-0.15, -0.1) is 0 Å². The molecule has 8 bridgehead atoms. The first-order valence-electron chi connectivity index (χ1n) is 7.83. The highest BCUT2D eigenvalue weighted by molar-refractivity contribution is 6.29. The molecule has 8 heteroatoms. The fourth-order valence-corrected chi connectivity index (χ4v) is 2.56. The maximum absolute atomic E-state index is 4.47. The minimum Gasteiger partial charge on any atom is -0.209 e. The van der Waals surface area contributed by atoms with E-state index in [9.17, 15) is 0 Å². The SMILES string of the molecule is C=CC1=CC2=NC3=NC(=NC4=NC(=NC5=NC(=NC1=N2)C=C5)C=C4)C=C3. The zero-order valence-corrected chi connectivity index (χ0v) is 13.4. The van der Waals surface area contributed by atoms with Crippen LogP contribution in [0.25, 0.3) is 0 Å². The van der Waals surface area contributed by atoms with Gasteiger partial charge in [-0.25, -0.2) is 39.9 Å². The van der Waals surface area contributed by atoms with Crippen LogP contribution in [0.3, 0.4) is 0 Å². The van der Waals surface area contributed by atoms with Crippen molar-refractivity contribution >= 4 is 46.7 Å². The van der Waals surface area contributed by atoms with E-state index >= 15 is 0 Å². The molecule has 0 atom stereocenters. The minimum absolute atomic E-state index is 0.501. The van der Waals surface area contributed by atoms with Crippen molar-refractivity contribution in [3.05, 3.63) is 60.8 Å². The first kappa shape index (κ1) is 14.4. The molecule has 0 aliphatic carbocycles. The molecule has 0 amide bonds. The molecule has 26 heavy (non-hydrogen) atoms. The number of amidine groups is 8. The van der Waals surface area contributed by atoms with Crippen molar-refractivity contribution in [2.45, 2.75) is 0 Å². The van der Waals surface area contributed by atoms with Crippen molar-refractivity contribution in [2.75, 3.05) is 0 Å². The Labute approximate surface area is 148 Å². The average molecular weight is 338 g/mol. The van der Waals surface area contributed by atoms with Crippen LogP contribution in [-0.4, -0.2) is 46.7 Å². The second-order valence-corrected chi connectivity index (χ2v) is 5.53. The minimum atomic E-state index is 0.501. The van der Waals surface area contributed by atoms with Gasteiger partial charge >= 0.3 is 0 Å². The van der Waals surface area contributed by atoms with Crippen LogP contribution in [0.4, 0.5) is 0 Å². The van der Waals surface area contributed by atoms with E-state index in [1.807, 2.05) is 0 Å². The standard InChI is InChI=1S/C18H10N8/c1-2-10-9-17-24-15-6-5-13(22-15)20-11-3-4-12(19-11)21-14-7-8-16(23-14)25-18(10)26-17/h2-9H,1H2. The highest BCUT2D eigenvalue weighted by atomic mass is 15.1. The van der Waals surface area contributed by atoms with Gasteiger partial charge in [0.25, 0.3) is 0 Å². The topological polar surface area (TPSA) is 98.9 Å². The summed E-state index contributed by atoms with van der Waals surface area (Å²) in [6.07, 6.45) is 14.1. The number of hydrogen-bond donors (Lipinski definition) is 0. The lowest BCUT2D eigenvalue weighted by atomic mass is 10.2. The summed E-state index contributed by atoms with van der Waals surface area (Å²) in [5, 5.41) is 0. The number of nitrogens with zero attached hydrogens (tertiary/aromatic N) is 8. The average Bonchev–Trinajstić information content (AvgIpc) is 3.39. The summed E-state index contributed by atoms with van der Waals surface area (Å²) >= 11 is 0. The van der Waals surface area contributed by atoms with Gasteiger partial charge in [0.2, 0.25) is 0 Å². The monoisotopic (exact) mass is 338 g/mol. The number of rotatable bonds is 1. The lowest BCUT2D eigenvalue weighted by Gasteiger charge is -1.95. The molecule has 0 aromatic carbocycles. The van der Waals surface area contributed by atoms with Gasteiger partial charge in [0.05, 0.1) is 0 Å². The van der Waals surface area contributed by atoms with Crippen LogP contribution in [0.1, 0.15) is 0 Å². The van der Waals surface area contributed by atoms with Crippen LogP contribution in [0.15, 0.2) is 101 Å². The molecule has 8 nitrogen and oxygen atoms in total. The Bertz CT molecular complexity index is 1120. The third-order valence-electron chi connectivity index (χ3n) is 3.72. The van der Waals surface area contributed by atoms with Gasteiger partial charge in [0.1, 0.15) is 0 Å². The quantitative estimate of drug-likeness (QED) is 0.699. The van der Waals surface area contributed by atoms with Crippen LogP contribution in [-0.2, 0) is 0 Å². The highest BCUT2D eigenvalue weighted by Gasteiger charge is 2.17. The van der Waals surface area contributed by atoms with Crippen LogP contribution in [0.5, 0.6) is 0 Å². The summed E-state index contributed by atoms with van der Waals surface area (Å²) < 4.78 is 0. The van der Waals surface area contributed by atoms with Gasteiger partial charge in [-0.05, 0) is 42.5 Å². The van der Waals surface area contributed by atoms with Crippen LogP contribution < -0.4 is 0 Å². The third kappa shape index (κ3) is 2.59. The maximum atomic E-state index is 4.47. The van der Waals surface area contributed by atoms with Crippen molar-refractivity contribution in [1.82, 2.24) is 0 Å². The molecule has 122 valence electrons. The second-order valence-electron chi connectivity index (χ2n) is 5.53. The van der Waals surface area contributed by atoms with E-state index in [1.54, 1.807) is 48.6 Å². The highest BCUT2D eigenvalue weighted by Crippen LogP contribution is 2.15. The molecule has 5 aliphatic rings. The number of fused-ring (bicyclic) bond motifs is 4. The molecule has 0 saturated carbocycles. The van der Waals surface area contributed by atoms with Crippen LogP contribution >= 0.6 is 0 Å². The Morgan fingerprint density at radius 2 is 0.885 bits per heavy atom. The van der Waals surface area contributed by atoms with Crippen molar-refractivity contribution in [1.29, 1.82) is 0 Å². The molecule has 0 fully saturated rings. The zero-order chi connectivity index (χ0) is 17.5. The largest absolute Gasteiger partial charge is 0.209 e. The lowest BCUT2D eigenvalue weighted by Crippen LogP contribution is -1.99. The van der Waals surface area contributed by atoms with Crippen molar-refractivity contribution in [3.8, 4) is 0 Å². The van der Waals surface area contributed by atoms with Crippen molar-refractivity contribution in [2.24, 2.45) is 39.9 Å². The molecule has 5 rings (SSSR count). The molecule has 0 unspecified atom stereocenters. The third-order valence-corrected chi connectivity index (χ3v) is 3.72. The first-order valence-corrected chi connectivity index (χ1v) is 7.83. The predicted octanol–water partition coefficient (Wildman–Crippen LogP) is 2.02. The molecule has 0 radical (unpaired) electrons. The van der Waals surface area contributed by atoms with E-state index < -0.39 is 0 Å². The van der Waals surface area contributed by atoms with Crippen LogP contribution in [0, 0.1) is 0 Å². The second kappa shape index (κ2) is 5.55. The van der Waals surface area contributed by atoms with Gasteiger partial charge in [-0.3, -0.25) is 0 Å². The summed E-state index contributed by atoms with van der Waals surface area (Å²) in [6.45, 7) is 3.80. The predicted molar refractivity (Wildman–Crippen MR) is 105 cm³/mol. The van der Waals surface area contributed by atoms with E-state index in [-0.39, 0.29) is 0 Å². The Morgan fingerprint density at radius 1 is 0.500 bits per heavy atom. The number of aliphatic imine (C=N–C) groups is 8. The Balaban J connectivity index is 1.67. The molecule has 5 aliphatic heterocycles. The van der Waals surface area contributed by atoms with Crippen LogP contribution in [0.2, 0.25) is 0 Å². The zero-order valence-electron chi connectivity index (χ0n) is 13.4.